The highest BCUT2D eigenvalue weighted by atomic mass is 15.0. The maximum absolute atomic E-state index is 8.89. The summed E-state index contributed by atoms with van der Waals surface area (Å²) in [6, 6.07) is 9.68. The highest BCUT2D eigenvalue weighted by Gasteiger charge is 2.02. The number of imidazole rings is 1. The Morgan fingerprint density at radius 3 is 3.05 bits per heavy atom. The summed E-state index contributed by atoms with van der Waals surface area (Å²) in [6.07, 6.45) is 1.68. The predicted octanol–water partition coefficient (Wildman–Crippen LogP) is 2.15. The number of fused-ring (bicyclic) bond motifs is 1. The van der Waals surface area contributed by atoms with Gasteiger partial charge in [0, 0.05) is 12.6 Å². The molecule has 6 nitrogen and oxygen atoms in total. The highest BCUT2D eigenvalue weighted by molar-refractivity contribution is 5.75. The number of hydrogen-bond acceptors (Lipinski definition) is 5. The Morgan fingerprint density at radius 1 is 1.30 bits per heavy atom. The number of nitriles is 1. The molecule has 98 valence electrons. The Kier molecular flexibility index (Phi) is 3.01. The summed E-state index contributed by atoms with van der Waals surface area (Å²) in [7, 11) is 0. The van der Waals surface area contributed by atoms with Gasteiger partial charge in [0.2, 0.25) is 0 Å². The minimum absolute atomic E-state index is 0.365. The van der Waals surface area contributed by atoms with Crippen molar-refractivity contribution >= 4 is 16.9 Å². The van der Waals surface area contributed by atoms with Gasteiger partial charge in [-0.05, 0) is 24.6 Å². The Bertz CT molecular complexity index is 799. The topological polar surface area (TPSA) is 90.3 Å². The molecule has 0 bridgehead atoms. The van der Waals surface area contributed by atoms with Gasteiger partial charge in [0.25, 0.3) is 0 Å². The van der Waals surface area contributed by atoms with Crippen LogP contribution < -0.4 is 5.32 Å². The van der Waals surface area contributed by atoms with Crippen LogP contribution in [0.1, 0.15) is 17.1 Å². The van der Waals surface area contributed by atoms with Gasteiger partial charge < -0.3 is 10.3 Å². The molecule has 3 aromatic rings. The van der Waals surface area contributed by atoms with E-state index in [4.69, 9.17) is 5.26 Å². The number of nitrogens with zero attached hydrogens (tertiary/aromatic N) is 4. The molecule has 0 fully saturated rings. The van der Waals surface area contributed by atoms with Crippen molar-refractivity contribution in [2.75, 3.05) is 5.32 Å². The molecule has 0 unspecified atom stereocenters. The first-order valence-corrected chi connectivity index (χ1v) is 6.16. The van der Waals surface area contributed by atoms with Crippen LogP contribution in [0.3, 0.4) is 0 Å². The molecule has 0 amide bonds. The van der Waals surface area contributed by atoms with Crippen LogP contribution in [-0.2, 0) is 6.54 Å². The van der Waals surface area contributed by atoms with Gasteiger partial charge in [0.1, 0.15) is 23.4 Å². The molecule has 0 saturated heterocycles. The third kappa shape index (κ3) is 2.42. The Hall–Kier alpha value is -2.94. The molecule has 2 N–H and O–H groups in total. The van der Waals surface area contributed by atoms with Crippen molar-refractivity contribution in [1.82, 2.24) is 19.9 Å². The molecular formula is C14H12N6. The average Bonchev–Trinajstić information content (AvgIpc) is 2.92. The lowest BCUT2D eigenvalue weighted by atomic mass is 10.2. The molecule has 6 heteroatoms. The first-order chi connectivity index (χ1) is 9.74. The standard InChI is InChI=1S/C14H12N6/c1-9-19-11(6-15)5-14(20-9)16-7-10-2-3-12-13(4-10)18-8-17-12/h2-5,8H,7H2,1H3,(H,17,18)(H,16,19,20). The van der Waals surface area contributed by atoms with Crippen LogP contribution in [0.4, 0.5) is 5.82 Å². The zero-order chi connectivity index (χ0) is 13.9. The number of anilines is 1. The summed E-state index contributed by atoms with van der Waals surface area (Å²) in [4.78, 5) is 15.5. The monoisotopic (exact) mass is 264 g/mol. The maximum Gasteiger partial charge on any atom is 0.146 e. The van der Waals surface area contributed by atoms with Crippen LogP contribution >= 0.6 is 0 Å². The highest BCUT2D eigenvalue weighted by Crippen LogP contribution is 2.13. The molecule has 0 aliphatic carbocycles. The number of aromatic nitrogens is 4. The normalized spacial score (nSPS) is 10.4. The maximum atomic E-state index is 8.89. The first kappa shape index (κ1) is 12.1. The van der Waals surface area contributed by atoms with E-state index in [9.17, 15) is 0 Å². The zero-order valence-electron chi connectivity index (χ0n) is 10.9. The van der Waals surface area contributed by atoms with Crippen molar-refractivity contribution in [3.8, 4) is 6.07 Å². The summed E-state index contributed by atoms with van der Waals surface area (Å²) < 4.78 is 0. The van der Waals surface area contributed by atoms with Crippen molar-refractivity contribution in [3.05, 3.63) is 47.7 Å². The van der Waals surface area contributed by atoms with Gasteiger partial charge in [-0.1, -0.05) is 6.07 Å². The number of aromatic amines is 1. The van der Waals surface area contributed by atoms with E-state index in [1.165, 1.54) is 0 Å². The van der Waals surface area contributed by atoms with Gasteiger partial charge in [-0.2, -0.15) is 5.26 Å². The van der Waals surface area contributed by atoms with Crippen molar-refractivity contribution in [3.63, 3.8) is 0 Å². The summed E-state index contributed by atoms with van der Waals surface area (Å²) in [5.41, 5.74) is 3.42. The van der Waals surface area contributed by atoms with Gasteiger partial charge in [-0.15, -0.1) is 0 Å². The predicted molar refractivity (Wildman–Crippen MR) is 74.9 cm³/mol. The number of nitrogens with one attached hydrogen (secondary N) is 2. The smallest absolute Gasteiger partial charge is 0.146 e. The number of aryl methyl sites for hydroxylation is 1. The first-order valence-electron chi connectivity index (χ1n) is 6.16. The Balaban J connectivity index is 1.79. The Morgan fingerprint density at radius 2 is 2.20 bits per heavy atom. The molecule has 0 aliphatic rings. The fourth-order valence-electron chi connectivity index (χ4n) is 2.00. The molecule has 0 aliphatic heterocycles. The molecular weight excluding hydrogens is 252 g/mol. The van der Waals surface area contributed by atoms with Crippen molar-refractivity contribution in [2.45, 2.75) is 13.5 Å². The van der Waals surface area contributed by atoms with E-state index in [0.717, 1.165) is 16.6 Å². The van der Waals surface area contributed by atoms with E-state index < -0.39 is 0 Å². The minimum Gasteiger partial charge on any atom is -0.366 e. The lowest BCUT2D eigenvalue weighted by molar-refractivity contribution is 1.01. The molecule has 3 rings (SSSR count). The van der Waals surface area contributed by atoms with Crippen LogP contribution in [0.5, 0.6) is 0 Å². The third-order valence-corrected chi connectivity index (χ3v) is 2.91. The van der Waals surface area contributed by atoms with E-state index in [1.54, 1.807) is 19.3 Å². The number of hydrogen-bond donors (Lipinski definition) is 2. The molecule has 2 heterocycles. The van der Waals surface area contributed by atoms with Gasteiger partial charge in [0.05, 0.1) is 17.4 Å². The SMILES string of the molecule is Cc1nc(C#N)cc(NCc2ccc3nc[nH]c3c2)n1. The Labute approximate surface area is 115 Å². The summed E-state index contributed by atoms with van der Waals surface area (Å²) in [6.45, 7) is 2.39. The summed E-state index contributed by atoms with van der Waals surface area (Å²) in [5, 5.41) is 12.1. The van der Waals surface area contributed by atoms with E-state index in [1.807, 2.05) is 24.3 Å². The molecule has 1 aromatic carbocycles. The number of rotatable bonds is 3. The van der Waals surface area contributed by atoms with Crippen LogP contribution in [-0.4, -0.2) is 19.9 Å². The van der Waals surface area contributed by atoms with E-state index in [2.05, 4.69) is 25.3 Å². The minimum atomic E-state index is 0.365. The second-order valence-electron chi connectivity index (χ2n) is 4.41. The van der Waals surface area contributed by atoms with E-state index in [-0.39, 0.29) is 0 Å². The van der Waals surface area contributed by atoms with Crippen molar-refractivity contribution in [1.29, 1.82) is 5.26 Å². The van der Waals surface area contributed by atoms with Gasteiger partial charge in [0.15, 0.2) is 0 Å². The molecule has 0 atom stereocenters. The van der Waals surface area contributed by atoms with Crippen molar-refractivity contribution in [2.24, 2.45) is 0 Å². The van der Waals surface area contributed by atoms with E-state index in [0.29, 0.717) is 23.9 Å². The lowest BCUT2D eigenvalue weighted by Crippen LogP contribution is -2.04. The number of H-pyrrole nitrogens is 1. The van der Waals surface area contributed by atoms with Crippen LogP contribution in [0, 0.1) is 18.3 Å². The summed E-state index contributed by atoms with van der Waals surface area (Å²) in [5.74, 6) is 1.23. The van der Waals surface area contributed by atoms with Gasteiger partial charge in [-0.25, -0.2) is 15.0 Å². The molecule has 2 aromatic heterocycles. The van der Waals surface area contributed by atoms with Gasteiger partial charge in [-0.3, -0.25) is 0 Å². The second kappa shape index (κ2) is 4.97. The molecule has 0 radical (unpaired) electrons. The second-order valence-corrected chi connectivity index (χ2v) is 4.41. The van der Waals surface area contributed by atoms with Crippen LogP contribution in [0.15, 0.2) is 30.6 Å². The average molecular weight is 264 g/mol. The zero-order valence-corrected chi connectivity index (χ0v) is 10.9. The fourth-order valence-corrected chi connectivity index (χ4v) is 2.00. The van der Waals surface area contributed by atoms with Gasteiger partial charge >= 0.3 is 0 Å². The largest absolute Gasteiger partial charge is 0.366 e. The molecule has 20 heavy (non-hydrogen) atoms. The molecule has 0 saturated carbocycles. The lowest BCUT2D eigenvalue weighted by Gasteiger charge is -2.06. The van der Waals surface area contributed by atoms with Crippen molar-refractivity contribution < 1.29 is 0 Å². The summed E-state index contributed by atoms with van der Waals surface area (Å²) >= 11 is 0. The number of benzene rings is 1. The van der Waals surface area contributed by atoms with Crippen LogP contribution in [0.25, 0.3) is 11.0 Å². The fraction of sp³-hybridized carbons (Fsp3) is 0.143. The van der Waals surface area contributed by atoms with E-state index >= 15 is 0 Å². The quantitative estimate of drug-likeness (QED) is 0.756. The third-order valence-electron chi connectivity index (χ3n) is 2.91. The van der Waals surface area contributed by atoms with Crippen LogP contribution in [0.2, 0.25) is 0 Å². The molecule has 0 spiro atoms.